The Hall–Kier alpha value is -2.75. The molecule has 31 heavy (non-hydrogen) atoms. The maximum absolute atomic E-state index is 13.4. The highest BCUT2D eigenvalue weighted by Gasteiger charge is 2.34. The molecule has 2 amide bonds. The normalized spacial score (nSPS) is 18.0. The predicted molar refractivity (Wildman–Crippen MR) is 120 cm³/mol. The Balaban J connectivity index is 1.53. The second-order valence-corrected chi connectivity index (χ2v) is 10.4. The zero-order valence-corrected chi connectivity index (χ0v) is 18.7. The molecular weight excluding hydrogens is 432 g/mol. The maximum atomic E-state index is 13.4. The molecule has 0 radical (unpaired) electrons. The van der Waals surface area contributed by atoms with Gasteiger partial charge in [0.1, 0.15) is 0 Å². The lowest BCUT2D eigenvalue weighted by Gasteiger charge is -2.19. The summed E-state index contributed by atoms with van der Waals surface area (Å²) in [4.78, 5) is 17.2. The molecule has 1 aliphatic heterocycles. The minimum atomic E-state index is -3.71. The number of thiazole rings is 1. The first-order valence-electron chi connectivity index (χ1n) is 10.0. The van der Waals surface area contributed by atoms with Gasteiger partial charge in [0.25, 0.3) is 0 Å². The molecule has 3 aromatic rings. The van der Waals surface area contributed by atoms with Crippen molar-refractivity contribution in [2.24, 2.45) is 0 Å². The van der Waals surface area contributed by atoms with Crippen molar-refractivity contribution in [3.8, 4) is 0 Å². The van der Waals surface area contributed by atoms with E-state index in [4.69, 9.17) is 0 Å². The van der Waals surface area contributed by atoms with E-state index < -0.39 is 16.1 Å². The van der Waals surface area contributed by atoms with Crippen LogP contribution < -0.4 is 10.6 Å². The van der Waals surface area contributed by atoms with Crippen LogP contribution in [0.5, 0.6) is 0 Å². The number of carbonyl (C=O) groups excluding carboxylic acids is 1. The van der Waals surface area contributed by atoms with Gasteiger partial charge >= 0.3 is 6.03 Å². The summed E-state index contributed by atoms with van der Waals surface area (Å²) < 4.78 is 28.1. The molecule has 0 fully saturated rings. The highest BCUT2D eigenvalue weighted by molar-refractivity contribution is 7.89. The van der Waals surface area contributed by atoms with Gasteiger partial charge in [0.15, 0.2) is 0 Å². The Kier molecular flexibility index (Phi) is 6.35. The van der Waals surface area contributed by atoms with Crippen LogP contribution >= 0.6 is 11.3 Å². The van der Waals surface area contributed by atoms with Gasteiger partial charge in [-0.3, -0.25) is 0 Å². The quantitative estimate of drug-likeness (QED) is 0.614. The number of hydrogen-bond acceptors (Lipinski definition) is 5. The number of urea groups is 1. The largest absolute Gasteiger partial charge is 0.334 e. The van der Waals surface area contributed by atoms with Gasteiger partial charge in [-0.1, -0.05) is 48.5 Å². The third-order valence-electron chi connectivity index (χ3n) is 5.19. The van der Waals surface area contributed by atoms with Crippen LogP contribution in [0.3, 0.4) is 0 Å². The van der Waals surface area contributed by atoms with Crippen molar-refractivity contribution in [1.82, 2.24) is 19.9 Å². The summed E-state index contributed by atoms with van der Waals surface area (Å²) in [5.74, 6) is 0. The molecule has 0 saturated carbocycles. The summed E-state index contributed by atoms with van der Waals surface area (Å²) in [6.45, 7) is 2.80. The van der Waals surface area contributed by atoms with Crippen molar-refractivity contribution < 1.29 is 13.2 Å². The molecule has 2 aromatic carbocycles. The summed E-state index contributed by atoms with van der Waals surface area (Å²) >= 11 is 1.50. The van der Waals surface area contributed by atoms with Gasteiger partial charge in [-0.15, -0.1) is 11.3 Å². The fourth-order valence-electron chi connectivity index (χ4n) is 3.65. The Morgan fingerprint density at radius 2 is 1.90 bits per heavy atom. The number of nitrogens with zero attached hydrogens (tertiary/aromatic N) is 2. The van der Waals surface area contributed by atoms with Crippen molar-refractivity contribution in [3.05, 3.63) is 81.8 Å². The zero-order chi connectivity index (χ0) is 21.8. The van der Waals surface area contributed by atoms with Crippen molar-refractivity contribution in [2.45, 2.75) is 37.4 Å². The average Bonchev–Trinajstić information content (AvgIpc) is 3.15. The molecule has 1 atom stereocenters. The topological polar surface area (TPSA) is 91.4 Å². The first-order chi connectivity index (χ1) is 14.9. The molecule has 0 saturated heterocycles. The number of rotatable bonds is 5. The summed E-state index contributed by atoms with van der Waals surface area (Å²) in [5, 5.41) is 8.59. The number of aryl methyl sites for hydroxylation is 1. The van der Waals surface area contributed by atoms with Crippen LogP contribution in [0.4, 0.5) is 4.79 Å². The molecule has 7 nitrogen and oxygen atoms in total. The predicted octanol–water partition coefficient (Wildman–Crippen LogP) is 3.59. The summed E-state index contributed by atoms with van der Waals surface area (Å²) in [7, 11) is -3.71. The second-order valence-electron chi connectivity index (χ2n) is 7.39. The van der Waals surface area contributed by atoms with Gasteiger partial charge in [-0.25, -0.2) is 18.2 Å². The lowest BCUT2D eigenvalue weighted by Crippen LogP contribution is -2.38. The fraction of sp³-hybridized carbons (Fsp3) is 0.273. The summed E-state index contributed by atoms with van der Waals surface area (Å²) in [6.07, 6.45) is 0.470. The van der Waals surface area contributed by atoms with Gasteiger partial charge < -0.3 is 10.6 Å². The third-order valence-corrected chi connectivity index (χ3v) is 7.93. The number of nitrogens with one attached hydrogen (secondary N) is 2. The highest BCUT2D eigenvalue weighted by Crippen LogP contribution is 2.32. The van der Waals surface area contributed by atoms with Crippen LogP contribution in [-0.2, 0) is 23.1 Å². The number of carbonyl (C=O) groups is 1. The first kappa shape index (κ1) is 21.5. The number of fused-ring (bicyclic) bond motifs is 1. The molecular formula is C22H24N4O3S2. The molecule has 162 valence electrons. The van der Waals surface area contributed by atoms with E-state index in [1.807, 2.05) is 42.6 Å². The van der Waals surface area contributed by atoms with Crippen LogP contribution in [0.2, 0.25) is 0 Å². The first-order valence-corrected chi connectivity index (χ1v) is 12.3. The summed E-state index contributed by atoms with van der Waals surface area (Å²) in [6, 6.07) is 15.8. The molecule has 2 heterocycles. The molecule has 1 aliphatic rings. The number of sulfonamides is 1. The SMILES string of the molecule is Cc1nc(CN2CCC(NC(=O)NCc3ccccc3)c3ccccc3S2(=O)=O)cs1. The molecule has 0 spiro atoms. The monoisotopic (exact) mass is 456 g/mol. The number of benzene rings is 2. The Morgan fingerprint density at radius 3 is 2.65 bits per heavy atom. The van der Waals surface area contributed by atoms with E-state index in [1.165, 1.54) is 15.6 Å². The fourth-order valence-corrected chi connectivity index (χ4v) is 5.94. The maximum Gasteiger partial charge on any atom is 0.315 e. The molecule has 9 heteroatoms. The highest BCUT2D eigenvalue weighted by atomic mass is 32.2. The van der Waals surface area contributed by atoms with Crippen LogP contribution in [0.15, 0.2) is 64.9 Å². The van der Waals surface area contributed by atoms with Gasteiger partial charge in [-0.2, -0.15) is 4.31 Å². The average molecular weight is 457 g/mol. The van der Waals surface area contributed by atoms with Crippen molar-refractivity contribution in [2.75, 3.05) is 6.54 Å². The Bertz CT molecular complexity index is 1160. The number of aromatic nitrogens is 1. The third kappa shape index (κ3) is 4.95. The van der Waals surface area contributed by atoms with E-state index in [-0.39, 0.29) is 24.0 Å². The molecule has 0 bridgehead atoms. The summed E-state index contributed by atoms with van der Waals surface area (Å²) in [5.41, 5.74) is 2.33. The van der Waals surface area contributed by atoms with Gasteiger partial charge in [0.2, 0.25) is 10.0 Å². The van der Waals surface area contributed by atoms with E-state index in [2.05, 4.69) is 15.6 Å². The molecule has 4 rings (SSSR count). The minimum absolute atomic E-state index is 0.216. The van der Waals surface area contributed by atoms with Crippen LogP contribution in [0.1, 0.15) is 34.3 Å². The lowest BCUT2D eigenvalue weighted by atomic mass is 10.0. The van der Waals surface area contributed by atoms with Gasteiger partial charge in [-0.05, 0) is 30.5 Å². The molecule has 0 aliphatic carbocycles. The van der Waals surface area contributed by atoms with E-state index in [9.17, 15) is 13.2 Å². The minimum Gasteiger partial charge on any atom is -0.334 e. The van der Waals surface area contributed by atoms with Crippen LogP contribution in [0.25, 0.3) is 0 Å². The lowest BCUT2D eigenvalue weighted by molar-refractivity contribution is 0.235. The molecule has 1 unspecified atom stereocenters. The smallest absolute Gasteiger partial charge is 0.315 e. The standard InChI is InChI=1S/C22H24N4O3S2/c1-16-24-18(15-30-16)14-26-12-11-20(19-9-5-6-10-21(19)31(26,28)29)25-22(27)23-13-17-7-3-2-4-8-17/h2-10,15,20H,11-14H2,1H3,(H2,23,25,27). The van der Waals surface area contributed by atoms with E-state index >= 15 is 0 Å². The number of hydrogen-bond donors (Lipinski definition) is 2. The second kappa shape index (κ2) is 9.17. The van der Waals surface area contributed by atoms with Crippen molar-refractivity contribution in [1.29, 1.82) is 0 Å². The van der Waals surface area contributed by atoms with Crippen LogP contribution in [-0.4, -0.2) is 30.3 Å². The zero-order valence-electron chi connectivity index (χ0n) is 17.1. The Labute approximate surface area is 186 Å². The van der Waals surface area contributed by atoms with Crippen LogP contribution in [0, 0.1) is 6.92 Å². The van der Waals surface area contributed by atoms with Gasteiger partial charge in [0.05, 0.1) is 28.2 Å². The molecule has 1 aromatic heterocycles. The number of amides is 2. The van der Waals surface area contributed by atoms with E-state index in [0.717, 1.165) is 16.3 Å². The van der Waals surface area contributed by atoms with E-state index in [1.54, 1.807) is 24.3 Å². The molecule has 2 N–H and O–H groups in total. The van der Waals surface area contributed by atoms with E-state index in [0.29, 0.717) is 18.5 Å². The Morgan fingerprint density at radius 1 is 1.16 bits per heavy atom. The van der Waals surface area contributed by atoms with Crippen molar-refractivity contribution >= 4 is 27.4 Å². The van der Waals surface area contributed by atoms with Gasteiger partial charge in [0, 0.05) is 18.5 Å². The van der Waals surface area contributed by atoms with Crippen molar-refractivity contribution in [3.63, 3.8) is 0 Å².